The van der Waals surface area contributed by atoms with Crippen LogP contribution in [0.5, 0.6) is 0 Å². The average Bonchev–Trinajstić information content (AvgIpc) is 3.10. The average molecular weight is 414 g/mol. The first-order valence-corrected chi connectivity index (χ1v) is 9.41. The molecule has 1 N–H and O–H groups in total. The molecule has 4 rings (SSSR count). The number of nitrogens with zero attached hydrogens (tertiary/aromatic N) is 4. The van der Waals surface area contributed by atoms with Gasteiger partial charge >= 0.3 is 0 Å². The quantitative estimate of drug-likeness (QED) is 0.537. The third-order valence-corrected chi connectivity index (χ3v) is 5.30. The largest absolute Gasteiger partial charge is 0.377 e. The van der Waals surface area contributed by atoms with Crippen molar-refractivity contribution in [3.05, 3.63) is 86.1 Å². The number of aromatic nitrogens is 4. The van der Waals surface area contributed by atoms with Crippen LogP contribution < -0.4 is 10.9 Å². The van der Waals surface area contributed by atoms with Gasteiger partial charge in [-0.1, -0.05) is 35.3 Å². The minimum atomic E-state index is -0.419. The molecule has 0 saturated heterocycles. The lowest BCUT2D eigenvalue weighted by atomic mass is 10.2. The Morgan fingerprint density at radius 2 is 1.96 bits per heavy atom. The highest BCUT2D eigenvalue weighted by Crippen LogP contribution is 2.21. The van der Waals surface area contributed by atoms with Crippen LogP contribution in [-0.2, 0) is 6.54 Å². The lowest BCUT2D eigenvalue weighted by molar-refractivity contribution is 0.806. The number of fused-ring (bicyclic) bond motifs is 1. The summed E-state index contributed by atoms with van der Waals surface area (Å²) in [6, 6.07) is 11.2. The molecular weight excluding hydrogens is 397 g/mol. The summed E-state index contributed by atoms with van der Waals surface area (Å²) in [6.45, 7) is 4.33. The summed E-state index contributed by atoms with van der Waals surface area (Å²) in [5.41, 5.74) is 4.31. The van der Waals surface area contributed by atoms with E-state index in [1.54, 1.807) is 12.1 Å². The molecular formula is C20H17Cl2N5O. The van der Waals surface area contributed by atoms with Gasteiger partial charge in [0.25, 0.3) is 5.56 Å². The second-order valence-electron chi connectivity index (χ2n) is 6.50. The Balaban J connectivity index is 1.60. The van der Waals surface area contributed by atoms with Crippen molar-refractivity contribution in [3.8, 4) is 5.69 Å². The van der Waals surface area contributed by atoms with Gasteiger partial charge in [0, 0.05) is 16.9 Å². The Morgan fingerprint density at radius 3 is 2.71 bits per heavy atom. The number of nitrogens with one attached hydrogen (secondary N) is 1. The summed E-state index contributed by atoms with van der Waals surface area (Å²) < 4.78 is 3.24. The highest BCUT2D eigenvalue weighted by molar-refractivity contribution is 6.33. The number of imidazole rings is 1. The maximum absolute atomic E-state index is 12.6. The molecule has 28 heavy (non-hydrogen) atoms. The van der Waals surface area contributed by atoms with Crippen molar-refractivity contribution in [2.45, 2.75) is 20.4 Å². The summed E-state index contributed by atoms with van der Waals surface area (Å²) in [5, 5.41) is 7.99. The molecule has 0 spiro atoms. The summed E-state index contributed by atoms with van der Waals surface area (Å²) >= 11 is 12.4. The Kier molecular flexibility index (Phi) is 4.83. The predicted octanol–water partition coefficient (Wildman–Crippen LogP) is 4.42. The van der Waals surface area contributed by atoms with Gasteiger partial charge in [0.1, 0.15) is 10.7 Å². The number of rotatable bonds is 4. The molecule has 3 heterocycles. The monoisotopic (exact) mass is 413 g/mol. The van der Waals surface area contributed by atoms with E-state index in [1.165, 1.54) is 10.9 Å². The molecule has 4 aromatic rings. The van der Waals surface area contributed by atoms with E-state index < -0.39 is 5.56 Å². The molecule has 6 nitrogen and oxygen atoms in total. The van der Waals surface area contributed by atoms with Crippen LogP contribution in [0.3, 0.4) is 0 Å². The lowest BCUT2D eigenvalue weighted by Crippen LogP contribution is -2.22. The fraction of sp³-hybridized carbons (Fsp3) is 0.150. The third-order valence-electron chi connectivity index (χ3n) is 4.52. The number of anilines is 1. The van der Waals surface area contributed by atoms with Crippen molar-refractivity contribution in [1.82, 2.24) is 19.2 Å². The Bertz CT molecular complexity index is 1250. The molecule has 3 aromatic heterocycles. The normalized spacial score (nSPS) is 11.1. The summed E-state index contributed by atoms with van der Waals surface area (Å²) in [5.74, 6) is 0. The van der Waals surface area contributed by atoms with Gasteiger partial charge in [0.05, 0.1) is 29.8 Å². The summed E-state index contributed by atoms with van der Waals surface area (Å²) in [4.78, 5) is 17.2. The number of aryl methyl sites for hydroxylation is 2. The van der Waals surface area contributed by atoms with Crippen LogP contribution in [0, 0.1) is 13.8 Å². The van der Waals surface area contributed by atoms with Gasteiger partial charge in [-0.05, 0) is 43.7 Å². The molecule has 0 amide bonds. The van der Waals surface area contributed by atoms with E-state index in [9.17, 15) is 4.79 Å². The van der Waals surface area contributed by atoms with E-state index in [0.717, 1.165) is 22.6 Å². The fourth-order valence-corrected chi connectivity index (χ4v) is 3.29. The van der Waals surface area contributed by atoms with E-state index in [2.05, 4.69) is 15.4 Å². The maximum Gasteiger partial charge on any atom is 0.292 e. The zero-order valence-corrected chi connectivity index (χ0v) is 16.8. The molecule has 0 saturated carbocycles. The topological polar surface area (TPSA) is 64.2 Å². The molecule has 0 aliphatic carbocycles. The van der Waals surface area contributed by atoms with Gasteiger partial charge in [-0.2, -0.15) is 9.78 Å². The molecule has 142 valence electrons. The van der Waals surface area contributed by atoms with Gasteiger partial charge in [-0.15, -0.1) is 0 Å². The molecule has 0 radical (unpaired) electrons. The maximum atomic E-state index is 12.6. The predicted molar refractivity (Wildman–Crippen MR) is 112 cm³/mol. The molecule has 0 aliphatic rings. The minimum Gasteiger partial charge on any atom is -0.377 e. The van der Waals surface area contributed by atoms with Crippen molar-refractivity contribution in [1.29, 1.82) is 0 Å². The zero-order chi connectivity index (χ0) is 19.8. The Labute approximate surface area is 171 Å². The number of benzene rings is 1. The molecule has 0 fully saturated rings. The second kappa shape index (κ2) is 7.30. The third kappa shape index (κ3) is 3.37. The van der Waals surface area contributed by atoms with Gasteiger partial charge in [0.2, 0.25) is 0 Å². The highest BCUT2D eigenvalue weighted by atomic mass is 35.5. The molecule has 8 heteroatoms. The van der Waals surface area contributed by atoms with Crippen molar-refractivity contribution in [2.75, 3.05) is 5.32 Å². The first-order chi connectivity index (χ1) is 13.4. The van der Waals surface area contributed by atoms with E-state index in [1.807, 2.05) is 48.7 Å². The minimum absolute atomic E-state index is 0.0617. The SMILES string of the molecule is Cc1ccc(-n2ncc(NCc3cn4c(C)cccc4n3)c(Cl)c2=O)cc1Cl. The van der Waals surface area contributed by atoms with Crippen LogP contribution in [-0.4, -0.2) is 19.2 Å². The van der Waals surface area contributed by atoms with Gasteiger partial charge in [-0.3, -0.25) is 4.79 Å². The van der Waals surface area contributed by atoms with Crippen molar-refractivity contribution < 1.29 is 0 Å². The van der Waals surface area contributed by atoms with Crippen molar-refractivity contribution >= 4 is 34.5 Å². The van der Waals surface area contributed by atoms with Crippen LogP contribution in [0.2, 0.25) is 10.0 Å². The smallest absolute Gasteiger partial charge is 0.292 e. The van der Waals surface area contributed by atoms with Gasteiger partial charge < -0.3 is 9.72 Å². The first-order valence-electron chi connectivity index (χ1n) is 8.66. The molecule has 0 aliphatic heterocycles. The van der Waals surface area contributed by atoms with Crippen LogP contribution >= 0.6 is 23.2 Å². The lowest BCUT2D eigenvalue weighted by Gasteiger charge is -2.10. The number of hydrogen-bond acceptors (Lipinski definition) is 4. The highest BCUT2D eigenvalue weighted by Gasteiger charge is 2.12. The van der Waals surface area contributed by atoms with E-state index in [0.29, 0.717) is 22.9 Å². The molecule has 0 bridgehead atoms. The van der Waals surface area contributed by atoms with Crippen molar-refractivity contribution in [2.24, 2.45) is 0 Å². The summed E-state index contributed by atoms with van der Waals surface area (Å²) in [7, 11) is 0. The van der Waals surface area contributed by atoms with Crippen molar-refractivity contribution in [3.63, 3.8) is 0 Å². The fourth-order valence-electron chi connectivity index (χ4n) is 2.92. The number of pyridine rings is 1. The summed E-state index contributed by atoms with van der Waals surface area (Å²) in [6.07, 6.45) is 3.48. The standard InChI is InChI=1S/C20H17Cl2N5O/c1-12-6-7-15(8-16(12)21)27-20(28)19(22)17(10-24-27)23-9-14-11-26-13(2)4-3-5-18(26)25-14/h3-8,10-11,23H,9H2,1-2H3. The van der Waals surface area contributed by atoms with Crippen LogP contribution in [0.25, 0.3) is 11.3 Å². The number of hydrogen-bond donors (Lipinski definition) is 1. The van der Waals surface area contributed by atoms with Gasteiger partial charge in [0.15, 0.2) is 0 Å². The van der Waals surface area contributed by atoms with Crippen LogP contribution in [0.15, 0.2) is 53.6 Å². The van der Waals surface area contributed by atoms with E-state index >= 15 is 0 Å². The zero-order valence-electron chi connectivity index (χ0n) is 15.3. The van der Waals surface area contributed by atoms with E-state index in [-0.39, 0.29) is 5.02 Å². The molecule has 0 unspecified atom stereocenters. The van der Waals surface area contributed by atoms with E-state index in [4.69, 9.17) is 23.2 Å². The van der Waals surface area contributed by atoms with Crippen LogP contribution in [0.4, 0.5) is 5.69 Å². The second-order valence-corrected chi connectivity index (χ2v) is 7.29. The Hall–Kier alpha value is -2.83. The Morgan fingerprint density at radius 1 is 1.14 bits per heavy atom. The van der Waals surface area contributed by atoms with Crippen LogP contribution in [0.1, 0.15) is 17.0 Å². The van der Waals surface area contributed by atoms with Gasteiger partial charge in [-0.25, -0.2) is 4.98 Å². The molecule has 0 atom stereocenters. The molecule has 1 aromatic carbocycles. The first kappa shape index (κ1) is 18.5. The number of halogens is 2.